The first-order chi connectivity index (χ1) is 9.06. The normalized spacial score (nSPS) is 32.1. The van der Waals surface area contributed by atoms with Crippen molar-refractivity contribution in [3.8, 4) is 0 Å². The van der Waals surface area contributed by atoms with Gasteiger partial charge < -0.3 is 30.0 Å². The summed E-state index contributed by atoms with van der Waals surface area (Å²) in [7, 11) is -10.7. The maximum atomic E-state index is 11.4. The third-order valence-corrected chi connectivity index (χ3v) is 8.33. The lowest BCUT2D eigenvalue weighted by molar-refractivity contribution is 0.0967. The molecule has 0 aromatic rings. The molecular weight excluding hydrogens is 308 g/mol. The van der Waals surface area contributed by atoms with Crippen LogP contribution >= 0.6 is 15.2 Å². The summed E-state index contributed by atoms with van der Waals surface area (Å²) in [6, 6.07) is 0.214. The highest BCUT2D eigenvalue weighted by atomic mass is 31.2. The molecule has 3 atom stereocenters. The smallest absolute Gasteiger partial charge is 0.368 e. The molecule has 0 aromatic carbocycles. The van der Waals surface area contributed by atoms with Gasteiger partial charge in [-0.25, -0.2) is 0 Å². The number of aliphatic hydroxyl groups is 1. The largest absolute Gasteiger partial charge is 0.369 e. The molecule has 2 fully saturated rings. The zero-order valence-electron chi connectivity index (χ0n) is 10.9. The van der Waals surface area contributed by atoms with Gasteiger partial charge in [0.2, 0.25) is 0 Å². The van der Waals surface area contributed by atoms with E-state index in [-0.39, 0.29) is 17.9 Å². The zero-order chi connectivity index (χ0) is 15.2. The van der Waals surface area contributed by atoms with Crippen molar-refractivity contribution in [2.45, 2.75) is 43.2 Å². The molecule has 2 aliphatic rings. The lowest BCUT2D eigenvalue weighted by Crippen LogP contribution is -2.35. The maximum Gasteiger partial charge on any atom is 0.369 e. The molecule has 0 bridgehead atoms. The molecule has 2 rings (SSSR count). The van der Waals surface area contributed by atoms with Crippen molar-refractivity contribution in [2.24, 2.45) is 11.8 Å². The number of hydrogen-bond acceptors (Lipinski definition) is 4. The van der Waals surface area contributed by atoms with Gasteiger partial charge in [0.15, 0.2) is 0 Å². The third kappa shape index (κ3) is 2.89. The zero-order valence-corrected chi connectivity index (χ0v) is 12.7. The molecule has 1 saturated carbocycles. The molecule has 0 aromatic heterocycles. The Morgan fingerprint density at radius 3 is 2.15 bits per heavy atom. The van der Waals surface area contributed by atoms with Gasteiger partial charge in [-0.05, 0) is 31.2 Å². The first-order valence-electron chi connectivity index (χ1n) is 6.63. The fourth-order valence-electron chi connectivity index (χ4n) is 3.41. The minimum atomic E-state index is -5.34. The number of hydrogen-bond donors (Lipinski definition) is 6. The molecule has 0 amide bonds. The second-order valence-electron chi connectivity index (χ2n) is 5.79. The highest BCUT2D eigenvalue weighted by Crippen LogP contribution is 2.70. The van der Waals surface area contributed by atoms with Crippen molar-refractivity contribution < 1.29 is 33.8 Å². The van der Waals surface area contributed by atoms with E-state index in [2.05, 4.69) is 5.32 Å². The number of fused-ring (bicyclic) bond motifs is 1. The van der Waals surface area contributed by atoms with Crippen molar-refractivity contribution in [3.05, 3.63) is 0 Å². The Morgan fingerprint density at radius 1 is 1.05 bits per heavy atom. The van der Waals surface area contributed by atoms with Gasteiger partial charge in [0, 0.05) is 12.5 Å². The van der Waals surface area contributed by atoms with Gasteiger partial charge in [0.1, 0.15) is 0 Å². The number of rotatable bonds is 4. The monoisotopic (exact) mass is 329 g/mol. The van der Waals surface area contributed by atoms with E-state index in [0.717, 1.165) is 25.7 Å². The van der Waals surface area contributed by atoms with Crippen LogP contribution in [0.3, 0.4) is 0 Å². The van der Waals surface area contributed by atoms with Gasteiger partial charge in [0.25, 0.3) is 5.08 Å². The quantitative estimate of drug-likeness (QED) is 0.400. The first kappa shape index (κ1) is 16.6. The van der Waals surface area contributed by atoms with Gasteiger partial charge in [-0.1, -0.05) is 12.8 Å². The lowest BCUT2D eigenvalue weighted by atomic mass is 9.79. The van der Waals surface area contributed by atoms with Gasteiger partial charge in [-0.15, -0.1) is 0 Å². The predicted molar refractivity (Wildman–Crippen MR) is 70.9 cm³/mol. The molecule has 1 aliphatic heterocycles. The minimum absolute atomic E-state index is 0.105. The summed E-state index contributed by atoms with van der Waals surface area (Å²) in [5.74, 6) is -0.237. The lowest BCUT2D eigenvalue weighted by Gasteiger charge is -2.34. The maximum absolute atomic E-state index is 11.4. The van der Waals surface area contributed by atoms with Crippen LogP contribution in [-0.2, 0) is 9.13 Å². The summed E-state index contributed by atoms with van der Waals surface area (Å²) in [4.78, 5) is 36.7. The number of nitrogens with one attached hydrogen (secondary N) is 1. The average molecular weight is 329 g/mol. The van der Waals surface area contributed by atoms with Crippen molar-refractivity contribution >= 4 is 15.2 Å². The van der Waals surface area contributed by atoms with E-state index in [0.29, 0.717) is 6.54 Å². The molecule has 1 saturated heterocycles. The summed E-state index contributed by atoms with van der Waals surface area (Å²) in [6.45, 7) is 0.414. The molecular formula is C10H21NO7P2. The van der Waals surface area contributed by atoms with E-state index in [9.17, 15) is 33.8 Å². The van der Waals surface area contributed by atoms with Crippen molar-refractivity contribution in [1.29, 1.82) is 0 Å². The van der Waals surface area contributed by atoms with Crippen LogP contribution in [0.15, 0.2) is 0 Å². The highest BCUT2D eigenvalue weighted by molar-refractivity contribution is 7.72. The first-order valence-corrected chi connectivity index (χ1v) is 9.86. The van der Waals surface area contributed by atoms with Crippen molar-refractivity contribution in [3.63, 3.8) is 0 Å². The Kier molecular flexibility index (Phi) is 4.52. The van der Waals surface area contributed by atoms with E-state index in [1.165, 1.54) is 0 Å². The summed E-state index contributed by atoms with van der Waals surface area (Å²) >= 11 is 0. The molecule has 10 heteroatoms. The van der Waals surface area contributed by atoms with E-state index >= 15 is 0 Å². The summed E-state index contributed by atoms with van der Waals surface area (Å²) in [5, 5.41) is 9.92. The van der Waals surface area contributed by atoms with Crippen LogP contribution in [0, 0.1) is 11.8 Å². The summed E-state index contributed by atoms with van der Waals surface area (Å²) in [6.07, 6.45) is 3.27. The van der Waals surface area contributed by atoms with Gasteiger partial charge in [-0.3, -0.25) is 9.13 Å². The third-order valence-electron chi connectivity index (χ3n) is 4.54. The average Bonchev–Trinajstić information content (AvgIpc) is 2.70. The molecule has 1 aliphatic carbocycles. The Labute approximate surface area is 116 Å². The topological polar surface area (TPSA) is 147 Å². The molecule has 118 valence electrons. The summed E-state index contributed by atoms with van der Waals surface area (Å²) in [5.41, 5.74) is 0. The Hall–Kier alpha value is 0.220. The van der Waals surface area contributed by atoms with Crippen LogP contribution in [0.25, 0.3) is 0 Å². The molecule has 0 radical (unpaired) electrons. The van der Waals surface area contributed by atoms with Crippen LogP contribution in [0.4, 0.5) is 0 Å². The van der Waals surface area contributed by atoms with Crippen molar-refractivity contribution in [1.82, 2.24) is 5.32 Å². The fourth-order valence-corrected chi connectivity index (χ4v) is 5.72. The van der Waals surface area contributed by atoms with Crippen LogP contribution < -0.4 is 5.32 Å². The molecule has 1 heterocycles. The van der Waals surface area contributed by atoms with E-state index in [1.807, 2.05) is 0 Å². The predicted octanol–water partition coefficient (Wildman–Crippen LogP) is 0.156. The second-order valence-corrected chi connectivity index (χ2v) is 9.80. The molecule has 8 nitrogen and oxygen atoms in total. The highest BCUT2D eigenvalue weighted by Gasteiger charge is 2.61. The summed E-state index contributed by atoms with van der Waals surface area (Å²) < 4.78 is 22.8. The van der Waals surface area contributed by atoms with Gasteiger partial charge >= 0.3 is 15.2 Å². The van der Waals surface area contributed by atoms with Gasteiger partial charge in [0.05, 0.1) is 0 Å². The Bertz CT molecular complexity index is 437. The fraction of sp³-hybridized carbons (Fsp3) is 1.00. The van der Waals surface area contributed by atoms with Crippen molar-refractivity contribution in [2.75, 3.05) is 6.54 Å². The molecule has 20 heavy (non-hydrogen) atoms. The Morgan fingerprint density at radius 2 is 1.60 bits per heavy atom. The van der Waals surface area contributed by atoms with Gasteiger partial charge in [-0.2, -0.15) is 0 Å². The molecule has 0 spiro atoms. The van der Waals surface area contributed by atoms with E-state index < -0.39 is 26.7 Å². The Balaban J connectivity index is 2.22. The van der Waals surface area contributed by atoms with E-state index in [4.69, 9.17) is 0 Å². The van der Waals surface area contributed by atoms with Crippen LogP contribution in [0.1, 0.15) is 32.1 Å². The SMILES string of the molecule is O=P(O)(O)C(O)(CC1CNC2CCCCC12)P(=O)(O)O. The van der Waals surface area contributed by atoms with E-state index in [1.54, 1.807) is 0 Å². The molecule has 6 N–H and O–H groups in total. The van der Waals surface area contributed by atoms with Crippen LogP contribution in [0.2, 0.25) is 0 Å². The minimum Gasteiger partial charge on any atom is -0.368 e. The van der Waals surface area contributed by atoms with Crippen LogP contribution in [-0.4, -0.2) is 42.3 Å². The standard InChI is InChI=1S/C10H21NO7P2/c12-10(19(13,14)15,20(16,17)18)5-7-6-11-9-4-2-1-3-8(7)9/h7-9,11-12H,1-6H2,(H2,13,14,15)(H2,16,17,18). The van der Waals surface area contributed by atoms with Crippen LogP contribution in [0.5, 0.6) is 0 Å². The second kappa shape index (κ2) is 5.45. The molecule has 3 unspecified atom stereocenters.